The standard InChI is InChI=1S/C31H32FN5O/c1-21-12-13-27(18-22(21)2)34-31(38)37-16-14-36(15-17-37)30-28(19-24-8-5-4-6-9-24)23(3)33-29(35-30)25-10-7-11-26(32)20-25/h4-13,18,20H,14-17,19H2,1-3H3,(H,34,38). The number of nitrogens with one attached hydrogen (secondary N) is 1. The smallest absolute Gasteiger partial charge is 0.321 e. The molecule has 1 aliphatic heterocycles. The van der Waals surface area contributed by atoms with E-state index in [1.807, 2.05) is 61.2 Å². The molecule has 1 fully saturated rings. The van der Waals surface area contributed by atoms with E-state index in [0.717, 1.165) is 28.3 Å². The van der Waals surface area contributed by atoms with Crippen LogP contribution in [0.5, 0.6) is 0 Å². The van der Waals surface area contributed by atoms with E-state index in [1.54, 1.807) is 6.07 Å². The van der Waals surface area contributed by atoms with Crippen molar-refractivity contribution in [3.8, 4) is 11.4 Å². The van der Waals surface area contributed by atoms with Gasteiger partial charge in [-0.25, -0.2) is 19.2 Å². The van der Waals surface area contributed by atoms with Gasteiger partial charge in [-0.2, -0.15) is 0 Å². The quantitative estimate of drug-likeness (QED) is 0.350. The third-order valence-electron chi connectivity index (χ3n) is 7.12. The highest BCUT2D eigenvalue weighted by Gasteiger charge is 2.25. The maximum absolute atomic E-state index is 14.0. The molecule has 6 nitrogen and oxygen atoms in total. The number of nitrogens with zero attached hydrogens (tertiary/aromatic N) is 4. The maximum atomic E-state index is 14.0. The summed E-state index contributed by atoms with van der Waals surface area (Å²) in [4.78, 5) is 26.7. The Labute approximate surface area is 223 Å². The summed E-state index contributed by atoms with van der Waals surface area (Å²) in [5.41, 5.74) is 6.87. The lowest BCUT2D eigenvalue weighted by molar-refractivity contribution is 0.208. The second kappa shape index (κ2) is 11.0. The number of hydrogen-bond acceptors (Lipinski definition) is 4. The number of anilines is 2. The van der Waals surface area contributed by atoms with E-state index in [1.165, 1.54) is 23.3 Å². The largest absolute Gasteiger partial charge is 0.353 e. The molecule has 0 atom stereocenters. The van der Waals surface area contributed by atoms with Gasteiger partial charge in [0.05, 0.1) is 0 Å². The molecule has 0 saturated carbocycles. The summed E-state index contributed by atoms with van der Waals surface area (Å²) in [5.74, 6) is 1.03. The van der Waals surface area contributed by atoms with Crippen molar-refractivity contribution in [1.82, 2.24) is 14.9 Å². The first-order valence-electron chi connectivity index (χ1n) is 12.9. The summed E-state index contributed by atoms with van der Waals surface area (Å²) < 4.78 is 14.0. The van der Waals surface area contributed by atoms with Gasteiger partial charge >= 0.3 is 6.03 Å². The molecule has 7 heteroatoms. The number of hydrogen-bond donors (Lipinski definition) is 1. The molecule has 0 spiro atoms. The second-order valence-corrected chi connectivity index (χ2v) is 9.81. The molecule has 1 N–H and O–H groups in total. The molecule has 0 radical (unpaired) electrons. The van der Waals surface area contributed by atoms with Crippen LogP contribution in [-0.2, 0) is 6.42 Å². The Kier molecular flexibility index (Phi) is 7.36. The highest BCUT2D eigenvalue weighted by molar-refractivity contribution is 5.89. The van der Waals surface area contributed by atoms with Crippen molar-refractivity contribution in [2.45, 2.75) is 27.2 Å². The van der Waals surface area contributed by atoms with Gasteiger partial charge in [0.2, 0.25) is 0 Å². The lowest BCUT2D eigenvalue weighted by Crippen LogP contribution is -2.50. The highest BCUT2D eigenvalue weighted by atomic mass is 19.1. The van der Waals surface area contributed by atoms with Crippen LogP contribution in [0.2, 0.25) is 0 Å². The minimum atomic E-state index is -0.318. The average Bonchev–Trinajstić information content (AvgIpc) is 2.92. The normalized spacial score (nSPS) is 13.5. The van der Waals surface area contributed by atoms with Crippen LogP contribution in [0.15, 0.2) is 72.8 Å². The Morgan fingerprint density at radius 2 is 1.63 bits per heavy atom. The lowest BCUT2D eigenvalue weighted by atomic mass is 10.0. The van der Waals surface area contributed by atoms with E-state index < -0.39 is 0 Å². The molecule has 4 aromatic rings. The van der Waals surface area contributed by atoms with E-state index in [9.17, 15) is 9.18 Å². The van der Waals surface area contributed by atoms with Crippen molar-refractivity contribution < 1.29 is 9.18 Å². The van der Waals surface area contributed by atoms with Crippen LogP contribution < -0.4 is 10.2 Å². The predicted molar refractivity (Wildman–Crippen MR) is 150 cm³/mol. The van der Waals surface area contributed by atoms with Gasteiger partial charge in [-0.3, -0.25) is 0 Å². The number of rotatable bonds is 5. The van der Waals surface area contributed by atoms with Crippen LogP contribution in [0.1, 0.15) is 27.9 Å². The van der Waals surface area contributed by atoms with Gasteiger partial charge in [-0.05, 0) is 61.7 Å². The molecular weight excluding hydrogens is 477 g/mol. The Balaban J connectivity index is 1.38. The van der Waals surface area contributed by atoms with E-state index in [2.05, 4.69) is 29.3 Å². The molecule has 0 aliphatic carbocycles. The first kappa shape index (κ1) is 25.4. The number of amides is 2. The summed E-state index contributed by atoms with van der Waals surface area (Å²) in [7, 11) is 0. The van der Waals surface area contributed by atoms with E-state index in [4.69, 9.17) is 9.97 Å². The molecule has 38 heavy (non-hydrogen) atoms. The lowest BCUT2D eigenvalue weighted by Gasteiger charge is -2.36. The van der Waals surface area contributed by atoms with Crippen molar-refractivity contribution in [3.05, 3.63) is 107 Å². The summed E-state index contributed by atoms with van der Waals surface area (Å²) in [5, 5.41) is 3.03. The topological polar surface area (TPSA) is 61.4 Å². The minimum absolute atomic E-state index is 0.100. The zero-order valence-electron chi connectivity index (χ0n) is 22.0. The van der Waals surface area contributed by atoms with Gasteiger partial charge in [0.1, 0.15) is 11.6 Å². The molecule has 194 valence electrons. The van der Waals surface area contributed by atoms with Gasteiger partial charge < -0.3 is 15.1 Å². The van der Waals surface area contributed by atoms with Gasteiger partial charge in [-0.15, -0.1) is 0 Å². The first-order chi connectivity index (χ1) is 18.4. The molecule has 2 heterocycles. The van der Waals surface area contributed by atoms with Gasteiger partial charge in [0, 0.05) is 55.1 Å². The van der Waals surface area contributed by atoms with Crippen molar-refractivity contribution in [3.63, 3.8) is 0 Å². The first-order valence-corrected chi connectivity index (χ1v) is 12.9. The molecule has 1 aliphatic rings. The van der Waals surface area contributed by atoms with Crippen molar-refractivity contribution in [2.75, 3.05) is 36.4 Å². The average molecular weight is 510 g/mol. The predicted octanol–water partition coefficient (Wildman–Crippen LogP) is 6.15. The van der Waals surface area contributed by atoms with E-state index in [0.29, 0.717) is 44.0 Å². The Morgan fingerprint density at radius 3 is 2.34 bits per heavy atom. The zero-order chi connectivity index (χ0) is 26.6. The van der Waals surface area contributed by atoms with Crippen LogP contribution in [-0.4, -0.2) is 47.1 Å². The van der Waals surface area contributed by atoms with Gasteiger partial charge in [-0.1, -0.05) is 48.5 Å². The minimum Gasteiger partial charge on any atom is -0.353 e. The number of benzene rings is 3. The fourth-order valence-electron chi connectivity index (χ4n) is 4.75. The number of aromatic nitrogens is 2. The Morgan fingerprint density at radius 1 is 0.868 bits per heavy atom. The Bertz CT molecular complexity index is 1450. The summed E-state index contributed by atoms with van der Waals surface area (Å²) in [6.07, 6.45) is 0.693. The van der Waals surface area contributed by atoms with E-state index >= 15 is 0 Å². The highest BCUT2D eigenvalue weighted by Crippen LogP contribution is 2.29. The maximum Gasteiger partial charge on any atom is 0.321 e. The van der Waals surface area contributed by atoms with Crippen LogP contribution in [0.4, 0.5) is 20.7 Å². The number of urea groups is 1. The summed E-state index contributed by atoms with van der Waals surface area (Å²) in [6, 6.07) is 22.5. The second-order valence-electron chi connectivity index (χ2n) is 9.81. The number of carbonyl (C=O) groups is 1. The molecule has 1 saturated heterocycles. The summed E-state index contributed by atoms with van der Waals surface area (Å²) in [6.45, 7) is 8.50. The van der Waals surface area contributed by atoms with Crippen LogP contribution in [0.3, 0.4) is 0 Å². The molecule has 5 rings (SSSR count). The Hall–Kier alpha value is -4.26. The van der Waals surface area contributed by atoms with Crippen molar-refractivity contribution >= 4 is 17.5 Å². The molecule has 0 unspecified atom stereocenters. The number of piperazine rings is 1. The van der Waals surface area contributed by atoms with E-state index in [-0.39, 0.29) is 11.8 Å². The van der Waals surface area contributed by atoms with Crippen LogP contribution in [0, 0.1) is 26.6 Å². The fourth-order valence-corrected chi connectivity index (χ4v) is 4.75. The van der Waals surface area contributed by atoms with Crippen molar-refractivity contribution in [2.24, 2.45) is 0 Å². The molecule has 0 bridgehead atoms. The monoisotopic (exact) mass is 509 g/mol. The van der Waals surface area contributed by atoms with Gasteiger partial charge in [0.15, 0.2) is 5.82 Å². The van der Waals surface area contributed by atoms with Crippen molar-refractivity contribution in [1.29, 1.82) is 0 Å². The molecule has 2 amide bonds. The molecular formula is C31H32FN5O. The SMILES string of the molecule is Cc1ccc(NC(=O)N2CCN(c3nc(-c4cccc(F)c4)nc(C)c3Cc3ccccc3)CC2)cc1C. The third-order valence-corrected chi connectivity index (χ3v) is 7.12. The fraction of sp³-hybridized carbons (Fsp3) is 0.258. The third kappa shape index (κ3) is 5.67. The van der Waals surface area contributed by atoms with Crippen LogP contribution >= 0.6 is 0 Å². The molecule has 3 aromatic carbocycles. The number of carbonyl (C=O) groups excluding carboxylic acids is 1. The molecule has 1 aromatic heterocycles. The number of aryl methyl sites for hydroxylation is 3. The number of halogens is 1. The zero-order valence-corrected chi connectivity index (χ0v) is 22.0. The van der Waals surface area contributed by atoms with Gasteiger partial charge in [0.25, 0.3) is 0 Å². The van der Waals surface area contributed by atoms with Crippen LogP contribution in [0.25, 0.3) is 11.4 Å². The summed E-state index contributed by atoms with van der Waals surface area (Å²) >= 11 is 0.